The van der Waals surface area contributed by atoms with E-state index in [0.717, 1.165) is 32.5 Å². The molecule has 2 saturated heterocycles. The molecule has 1 aromatic heterocycles. The molecule has 0 radical (unpaired) electrons. The van der Waals surface area contributed by atoms with E-state index in [1.165, 1.54) is 4.88 Å². The maximum absolute atomic E-state index is 12.5. The zero-order chi connectivity index (χ0) is 13.1. The van der Waals surface area contributed by atoms with Gasteiger partial charge in [0.2, 0.25) is 5.91 Å². The van der Waals surface area contributed by atoms with Gasteiger partial charge in [-0.25, -0.2) is 0 Å². The van der Waals surface area contributed by atoms with E-state index >= 15 is 0 Å². The van der Waals surface area contributed by atoms with E-state index in [9.17, 15) is 4.79 Å². The van der Waals surface area contributed by atoms with Crippen LogP contribution in [0.3, 0.4) is 0 Å². The highest BCUT2D eigenvalue weighted by Gasteiger charge is 2.30. The molecular weight excluding hydrogens is 296 g/mol. The number of halogens is 1. The Morgan fingerprint density at radius 3 is 2.90 bits per heavy atom. The number of piperidine rings is 1. The van der Waals surface area contributed by atoms with Crippen molar-refractivity contribution in [2.24, 2.45) is 5.92 Å². The monoisotopic (exact) mass is 316 g/mol. The van der Waals surface area contributed by atoms with Gasteiger partial charge in [0.05, 0.1) is 13.2 Å². The first kappa shape index (κ1) is 15.8. The first-order valence-electron chi connectivity index (χ1n) is 6.99. The van der Waals surface area contributed by atoms with Gasteiger partial charge in [-0.15, -0.1) is 23.7 Å². The number of rotatable bonds is 2. The maximum Gasteiger partial charge on any atom is 0.225 e. The number of amides is 1. The zero-order valence-corrected chi connectivity index (χ0v) is 13.0. The topological polar surface area (TPSA) is 41.6 Å². The quantitative estimate of drug-likeness (QED) is 0.908. The molecule has 1 unspecified atom stereocenters. The largest absolute Gasteiger partial charge is 0.369 e. The molecule has 6 heteroatoms. The van der Waals surface area contributed by atoms with E-state index in [4.69, 9.17) is 4.74 Å². The van der Waals surface area contributed by atoms with Crippen LogP contribution >= 0.6 is 23.7 Å². The van der Waals surface area contributed by atoms with Gasteiger partial charge in [0.25, 0.3) is 0 Å². The van der Waals surface area contributed by atoms with Crippen LogP contribution in [-0.4, -0.2) is 43.6 Å². The third-order valence-corrected chi connectivity index (χ3v) is 4.89. The number of nitrogens with one attached hydrogen (secondary N) is 1. The van der Waals surface area contributed by atoms with Crippen molar-refractivity contribution in [3.05, 3.63) is 22.4 Å². The van der Waals surface area contributed by atoms with Gasteiger partial charge < -0.3 is 15.0 Å². The minimum Gasteiger partial charge on any atom is -0.369 e. The number of nitrogens with zero attached hydrogens (tertiary/aromatic N) is 1. The lowest BCUT2D eigenvalue weighted by Gasteiger charge is -2.35. The van der Waals surface area contributed by atoms with Gasteiger partial charge in [-0.3, -0.25) is 4.79 Å². The summed E-state index contributed by atoms with van der Waals surface area (Å²) in [6, 6.07) is 4.13. The van der Waals surface area contributed by atoms with E-state index in [1.54, 1.807) is 11.3 Å². The van der Waals surface area contributed by atoms with Crippen LogP contribution < -0.4 is 5.32 Å². The summed E-state index contributed by atoms with van der Waals surface area (Å²) < 4.78 is 5.79. The number of thiophene rings is 1. The van der Waals surface area contributed by atoms with Crippen molar-refractivity contribution in [3.8, 4) is 0 Å². The Kier molecular flexibility index (Phi) is 5.84. The molecule has 2 aliphatic heterocycles. The first-order valence-corrected chi connectivity index (χ1v) is 7.87. The van der Waals surface area contributed by atoms with Crippen LogP contribution in [0, 0.1) is 5.92 Å². The molecule has 1 N–H and O–H groups in total. The SMILES string of the molecule is Cl.O=C(C1CCNCC1)N1CCOC(c2cccs2)C1. The van der Waals surface area contributed by atoms with Crippen LogP contribution in [0.2, 0.25) is 0 Å². The van der Waals surface area contributed by atoms with Gasteiger partial charge >= 0.3 is 0 Å². The lowest BCUT2D eigenvalue weighted by molar-refractivity contribution is -0.144. The fourth-order valence-electron chi connectivity index (χ4n) is 2.82. The molecule has 2 aliphatic rings. The third kappa shape index (κ3) is 3.52. The number of hydrogen-bond acceptors (Lipinski definition) is 4. The van der Waals surface area contributed by atoms with Gasteiger partial charge in [-0.2, -0.15) is 0 Å². The van der Waals surface area contributed by atoms with Crippen molar-refractivity contribution in [2.45, 2.75) is 18.9 Å². The standard InChI is InChI=1S/C14H20N2O2S.ClH/c17-14(11-3-5-15-6-4-11)16-7-8-18-12(10-16)13-2-1-9-19-13;/h1-2,9,11-12,15H,3-8,10H2;1H. The zero-order valence-electron chi connectivity index (χ0n) is 11.4. The number of ether oxygens (including phenoxy) is 1. The number of carbonyl (C=O) groups excluding carboxylic acids is 1. The summed E-state index contributed by atoms with van der Waals surface area (Å²) in [6.45, 7) is 4.04. The molecule has 3 heterocycles. The average Bonchev–Trinajstić information content (AvgIpc) is 3.02. The Morgan fingerprint density at radius 1 is 1.40 bits per heavy atom. The van der Waals surface area contributed by atoms with E-state index in [-0.39, 0.29) is 24.4 Å². The van der Waals surface area contributed by atoms with Crippen molar-refractivity contribution in [1.82, 2.24) is 10.2 Å². The molecule has 0 aliphatic carbocycles. The number of hydrogen-bond donors (Lipinski definition) is 1. The minimum atomic E-state index is 0. The molecular formula is C14H21ClN2O2S. The number of morpholine rings is 1. The summed E-state index contributed by atoms with van der Waals surface area (Å²) >= 11 is 1.71. The van der Waals surface area contributed by atoms with Crippen LogP contribution in [0.15, 0.2) is 17.5 Å². The van der Waals surface area contributed by atoms with E-state index in [1.807, 2.05) is 11.0 Å². The summed E-state index contributed by atoms with van der Waals surface area (Å²) in [7, 11) is 0. The number of carbonyl (C=O) groups is 1. The highest BCUT2D eigenvalue weighted by Crippen LogP contribution is 2.27. The van der Waals surface area contributed by atoms with Gasteiger partial charge in [-0.1, -0.05) is 6.07 Å². The van der Waals surface area contributed by atoms with E-state index in [2.05, 4.69) is 16.8 Å². The van der Waals surface area contributed by atoms with Crippen molar-refractivity contribution < 1.29 is 9.53 Å². The molecule has 112 valence electrons. The van der Waals surface area contributed by atoms with E-state index in [0.29, 0.717) is 19.1 Å². The van der Waals surface area contributed by atoms with Crippen LogP contribution in [0.5, 0.6) is 0 Å². The average molecular weight is 317 g/mol. The normalized spacial score (nSPS) is 24.2. The Labute approximate surface area is 129 Å². The second kappa shape index (κ2) is 7.41. The Bertz CT molecular complexity index is 421. The minimum absolute atomic E-state index is 0. The van der Waals surface area contributed by atoms with Crippen LogP contribution in [0.25, 0.3) is 0 Å². The van der Waals surface area contributed by atoms with Gasteiger partial charge in [-0.05, 0) is 37.4 Å². The second-order valence-electron chi connectivity index (χ2n) is 5.18. The molecule has 20 heavy (non-hydrogen) atoms. The van der Waals surface area contributed by atoms with Crippen LogP contribution in [0.1, 0.15) is 23.8 Å². The molecule has 3 rings (SSSR count). The summed E-state index contributed by atoms with van der Waals surface area (Å²) in [4.78, 5) is 15.7. The van der Waals surface area contributed by atoms with Crippen molar-refractivity contribution >= 4 is 29.7 Å². The molecule has 0 spiro atoms. The fourth-order valence-corrected chi connectivity index (χ4v) is 3.59. The lowest BCUT2D eigenvalue weighted by atomic mass is 9.96. The summed E-state index contributed by atoms with van der Waals surface area (Å²) in [5.41, 5.74) is 0. The molecule has 0 saturated carbocycles. The first-order chi connectivity index (χ1) is 9.34. The summed E-state index contributed by atoms with van der Waals surface area (Å²) in [5.74, 6) is 0.537. The van der Waals surface area contributed by atoms with Gasteiger partial charge in [0, 0.05) is 17.3 Å². The molecule has 1 aromatic rings. The lowest BCUT2D eigenvalue weighted by Crippen LogP contribution is -2.46. The third-order valence-electron chi connectivity index (χ3n) is 3.93. The summed E-state index contributed by atoms with van der Waals surface area (Å²) in [5, 5.41) is 5.37. The molecule has 1 atom stereocenters. The van der Waals surface area contributed by atoms with Gasteiger partial charge in [0.15, 0.2) is 0 Å². The Hall–Kier alpha value is -0.620. The molecule has 0 aromatic carbocycles. The highest BCUT2D eigenvalue weighted by molar-refractivity contribution is 7.10. The second-order valence-corrected chi connectivity index (χ2v) is 6.16. The molecule has 2 fully saturated rings. The molecule has 1 amide bonds. The maximum atomic E-state index is 12.5. The van der Waals surface area contributed by atoms with Gasteiger partial charge in [0.1, 0.15) is 6.10 Å². The Morgan fingerprint density at radius 2 is 2.20 bits per heavy atom. The van der Waals surface area contributed by atoms with Crippen molar-refractivity contribution in [3.63, 3.8) is 0 Å². The van der Waals surface area contributed by atoms with Crippen molar-refractivity contribution in [1.29, 1.82) is 0 Å². The summed E-state index contributed by atoms with van der Waals surface area (Å²) in [6.07, 6.45) is 2.01. The predicted octanol–water partition coefficient (Wildman–Crippen LogP) is 2.07. The highest BCUT2D eigenvalue weighted by atomic mass is 35.5. The smallest absolute Gasteiger partial charge is 0.225 e. The Balaban J connectivity index is 0.00000147. The predicted molar refractivity (Wildman–Crippen MR) is 82.4 cm³/mol. The molecule has 4 nitrogen and oxygen atoms in total. The molecule has 0 bridgehead atoms. The van der Waals surface area contributed by atoms with Crippen molar-refractivity contribution in [2.75, 3.05) is 32.8 Å². The van der Waals surface area contributed by atoms with Crippen LogP contribution in [-0.2, 0) is 9.53 Å². The van der Waals surface area contributed by atoms with E-state index < -0.39 is 0 Å². The fraction of sp³-hybridized carbons (Fsp3) is 0.643. The van der Waals surface area contributed by atoms with Crippen LogP contribution in [0.4, 0.5) is 0 Å².